The Bertz CT molecular complexity index is 591. The number of hydrogen-bond donors (Lipinski definition) is 1. The molecule has 3 rings (SSSR count). The Morgan fingerprint density at radius 2 is 1.86 bits per heavy atom. The van der Waals surface area contributed by atoms with Gasteiger partial charge in [0.1, 0.15) is 5.75 Å². The lowest BCUT2D eigenvalue weighted by molar-refractivity contribution is 0.383. The van der Waals surface area contributed by atoms with E-state index in [4.69, 9.17) is 4.74 Å². The van der Waals surface area contributed by atoms with Gasteiger partial charge in [0.05, 0.1) is 0 Å². The molecule has 1 atom stereocenters. The van der Waals surface area contributed by atoms with E-state index in [1.54, 1.807) is 18.2 Å². The number of aryl methyl sites for hydroxylation is 1. The summed E-state index contributed by atoms with van der Waals surface area (Å²) in [6.07, 6.45) is 6.17. The second-order valence-electron chi connectivity index (χ2n) is 5.86. The maximum Gasteiger partial charge on any atom is 0.165 e. The molecule has 1 aliphatic rings. The fourth-order valence-electron chi connectivity index (χ4n) is 2.89. The molecule has 0 saturated carbocycles. The number of benzene rings is 2. The minimum absolute atomic E-state index is 0.265. The van der Waals surface area contributed by atoms with Gasteiger partial charge in [-0.05, 0) is 62.1 Å². The quantitative estimate of drug-likeness (QED) is 0.864. The van der Waals surface area contributed by atoms with Crippen molar-refractivity contribution in [1.82, 2.24) is 5.32 Å². The summed E-state index contributed by atoms with van der Waals surface area (Å²) in [5.41, 5.74) is 1.30. The number of ether oxygens (including phenoxy) is 1. The zero-order valence-corrected chi connectivity index (χ0v) is 12.7. The Kier molecular flexibility index (Phi) is 5.07. The van der Waals surface area contributed by atoms with Crippen LogP contribution >= 0.6 is 0 Å². The molecule has 0 radical (unpaired) electrons. The first-order valence-corrected chi connectivity index (χ1v) is 8.06. The van der Waals surface area contributed by atoms with E-state index in [0.29, 0.717) is 11.8 Å². The highest BCUT2D eigenvalue weighted by molar-refractivity contribution is 5.33. The number of rotatable bonds is 5. The first kappa shape index (κ1) is 15.0. The average Bonchev–Trinajstić information content (AvgIpc) is 2.57. The molecule has 2 aromatic rings. The summed E-state index contributed by atoms with van der Waals surface area (Å²) in [5, 5.41) is 3.57. The highest BCUT2D eigenvalue weighted by atomic mass is 19.1. The lowest BCUT2D eigenvalue weighted by Crippen LogP contribution is -2.34. The Labute approximate surface area is 131 Å². The SMILES string of the molecule is Fc1ccccc1Oc1ccc(CCC2CCCCN2)cc1. The first-order chi connectivity index (χ1) is 10.8. The molecular weight excluding hydrogens is 277 g/mol. The molecule has 0 aliphatic carbocycles. The molecule has 2 aromatic carbocycles. The molecule has 2 nitrogen and oxygen atoms in total. The van der Waals surface area contributed by atoms with Gasteiger partial charge < -0.3 is 10.1 Å². The van der Waals surface area contributed by atoms with Crippen LogP contribution in [0.4, 0.5) is 4.39 Å². The molecule has 1 aliphatic heterocycles. The van der Waals surface area contributed by atoms with Crippen LogP contribution in [0, 0.1) is 5.82 Å². The van der Waals surface area contributed by atoms with Crippen LogP contribution in [-0.2, 0) is 6.42 Å². The molecule has 0 bridgehead atoms. The van der Waals surface area contributed by atoms with Gasteiger partial charge in [-0.3, -0.25) is 0 Å². The smallest absolute Gasteiger partial charge is 0.165 e. The Morgan fingerprint density at radius 3 is 2.59 bits per heavy atom. The van der Waals surface area contributed by atoms with Crippen molar-refractivity contribution in [2.45, 2.75) is 38.1 Å². The summed E-state index contributed by atoms with van der Waals surface area (Å²) in [5.74, 6) is 0.598. The van der Waals surface area contributed by atoms with Gasteiger partial charge in [-0.15, -0.1) is 0 Å². The highest BCUT2D eigenvalue weighted by Gasteiger charge is 2.12. The van der Waals surface area contributed by atoms with E-state index < -0.39 is 0 Å². The van der Waals surface area contributed by atoms with Crippen LogP contribution in [-0.4, -0.2) is 12.6 Å². The molecule has 22 heavy (non-hydrogen) atoms. The Hall–Kier alpha value is -1.87. The molecule has 0 spiro atoms. The van der Waals surface area contributed by atoms with Crippen molar-refractivity contribution in [1.29, 1.82) is 0 Å². The van der Waals surface area contributed by atoms with Crippen molar-refractivity contribution in [3.8, 4) is 11.5 Å². The normalized spacial score (nSPS) is 18.1. The third kappa shape index (κ3) is 4.08. The van der Waals surface area contributed by atoms with Crippen LogP contribution in [0.1, 0.15) is 31.2 Å². The lowest BCUT2D eigenvalue weighted by atomic mass is 9.98. The fourth-order valence-corrected chi connectivity index (χ4v) is 2.89. The van der Waals surface area contributed by atoms with Crippen molar-refractivity contribution in [3.05, 3.63) is 59.9 Å². The van der Waals surface area contributed by atoms with Crippen molar-refractivity contribution in [3.63, 3.8) is 0 Å². The van der Waals surface area contributed by atoms with Crippen LogP contribution in [0.3, 0.4) is 0 Å². The molecule has 0 amide bonds. The predicted octanol–water partition coefficient (Wildman–Crippen LogP) is 4.69. The van der Waals surface area contributed by atoms with Crippen LogP contribution in [0.2, 0.25) is 0 Å². The third-order valence-corrected chi connectivity index (χ3v) is 4.18. The number of para-hydroxylation sites is 1. The first-order valence-electron chi connectivity index (χ1n) is 8.06. The van der Waals surface area contributed by atoms with E-state index in [2.05, 4.69) is 17.4 Å². The summed E-state index contributed by atoms with van der Waals surface area (Å²) in [7, 11) is 0. The van der Waals surface area contributed by atoms with Gasteiger partial charge >= 0.3 is 0 Å². The van der Waals surface area contributed by atoms with Crippen molar-refractivity contribution >= 4 is 0 Å². The standard InChI is InChI=1S/C19H22FNO/c20-18-6-1-2-7-19(18)22-17-12-9-15(10-13-17)8-11-16-5-3-4-14-21-16/h1-2,6-7,9-10,12-13,16,21H,3-5,8,11,14H2. The Balaban J connectivity index is 1.55. The van der Waals surface area contributed by atoms with Gasteiger partial charge in [0.15, 0.2) is 11.6 Å². The highest BCUT2D eigenvalue weighted by Crippen LogP contribution is 2.24. The number of piperidine rings is 1. The maximum atomic E-state index is 13.5. The van der Waals surface area contributed by atoms with Crippen molar-refractivity contribution in [2.75, 3.05) is 6.54 Å². The van der Waals surface area contributed by atoms with E-state index in [1.165, 1.54) is 37.3 Å². The molecule has 1 N–H and O–H groups in total. The molecule has 1 saturated heterocycles. The van der Waals surface area contributed by atoms with E-state index in [9.17, 15) is 4.39 Å². The molecule has 1 unspecified atom stereocenters. The van der Waals surface area contributed by atoms with Gasteiger partial charge in [-0.1, -0.05) is 30.7 Å². The predicted molar refractivity (Wildman–Crippen MR) is 86.9 cm³/mol. The second-order valence-corrected chi connectivity index (χ2v) is 5.86. The largest absolute Gasteiger partial charge is 0.454 e. The van der Waals surface area contributed by atoms with Gasteiger partial charge in [0.25, 0.3) is 0 Å². The summed E-state index contributed by atoms with van der Waals surface area (Å²) < 4.78 is 19.1. The molecule has 116 valence electrons. The average molecular weight is 299 g/mol. The number of halogens is 1. The van der Waals surface area contributed by atoms with E-state index in [-0.39, 0.29) is 11.6 Å². The summed E-state index contributed by atoms with van der Waals surface area (Å²) in [6.45, 7) is 1.15. The maximum absolute atomic E-state index is 13.5. The molecular formula is C19H22FNO. The van der Waals surface area contributed by atoms with Gasteiger partial charge in [-0.25, -0.2) is 4.39 Å². The van der Waals surface area contributed by atoms with E-state index in [0.717, 1.165) is 13.0 Å². The lowest BCUT2D eigenvalue weighted by Gasteiger charge is -2.23. The molecule has 3 heteroatoms. The second kappa shape index (κ2) is 7.41. The summed E-state index contributed by atoms with van der Waals surface area (Å²) in [4.78, 5) is 0. The number of nitrogens with one attached hydrogen (secondary N) is 1. The summed E-state index contributed by atoms with van der Waals surface area (Å²) in [6, 6.07) is 15.1. The molecule has 1 fully saturated rings. The van der Waals surface area contributed by atoms with Crippen LogP contribution in [0.15, 0.2) is 48.5 Å². The monoisotopic (exact) mass is 299 g/mol. The van der Waals surface area contributed by atoms with Gasteiger partial charge in [0.2, 0.25) is 0 Å². The molecule has 0 aromatic heterocycles. The minimum Gasteiger partial charge on any atom is -0.454 e. The van der Waals surface area contributed by atoms with Gasteiger partial charge in [0, 0.05) is 6.04 Å². The van der Waals surface area contributed by atoms with Gasteiger partial charge in [-0.2, -0.15) is 0 Å². The van der Waals surface area contributed by atoms with E-state index >= 15 is 0 Å². The van der Waals surface area contributed by atoms with Crippen LogP contribution < -0.4 is 10.1 Å². The van der Waals surface area contributed by atoms with E-state index in [1.807, 2.05) is 12.1 Å². The zero-order valence-electron chi connectivity index (χ0n) is 12.7. The topological polar surface area (TPSA) is 21.3 Å². The van der Waals surface area contributed by atoms with Crippen LogP contribution in [0.25, 0.3) is 0 Å². The Morgan fingerprint density at radius 1 is 1.05 bits per heavy atom. The van der Waals surface area contributed by atoms with Crippen molar-refractivity contribution < 1.29 is 9.13 Å². The van der Waals surface area contributed by atoms with Crippen LogP contribution in [0.5, 0.6) is 11.5 Å². The van der Waals surface area contributed by atoms with Crippen molar-refractivity contribution in [2.24, 2.45) is 0 Å². The third-order valence-electron chi connectivity index (χ3n) is 4.18. The number of hydrogen-bond acceptors (Lipinski definition) is 2. The minimum atomic E-state index is -0.338. The fraction of sp³-hybridized carbons (Fsp3) is 0.368. The molecule has 1 heterocycles. The summed E-state index contributed by atoms with van der Waals surface area (Å²) >= 11 is 0. The zero-order chi connectivity index (χ0) is 15.2.